The van der Waals surface area contributed by atoms with Gasteiger partial charge < -0.3 is 10.1 Å². The number of para-hydroxylation sites is 1. The fourth-order valence-electron chi connectivity index (χ4n) is 3.20. The highest BCUT2D eigenvalue weighted by molar-refractivity contribution is 5.81. The summed E-state index contributed by atoms with van der Waals surface area (Å²) in [5.74, 6) is 0.475. The van der Waals surface area contributed by atoms with E-state index in [2.05, 4.69) is 39.5 Å². The molecule has 0 spiro atoms. The third-order valence-corrected chi connectivity index (χ3v) is 4.34. The van der Waals surface area contributed by atoms with Crippen LogP contribution < -0.4 is 5.32 Å². The minimum Gasteiger partial charge on any atom is -0.375 e. The molecule has 5 nitrogen and oxygen atoms in total. The number of carbonyl (C=O) groups excluding carboxylic acids is 1. The van der Waals surface area contributed by atoms with Crippen LogP contribution in [0.3, 0.4) is 0 Å². The molecule has 1 aliphatic rings. The Kier molecular flexibility index (Phi) is 5.20. The molecule has 23 heavy (non-hydrogen) atoms. The highest BCUT2D eigenvalue weighted by Gasteiger charge is 2.23. The van der Waals surface area contributed by atoms with Crippen molar-refractivity contribution in [3.05, 3.63) is 42.1 Å². The summed E-state index contributed by atoms with van der Waals surface area (Å²) in [7, 11) is 1.54. The molecule has 1 N–H and O–H groups in total. The average Bonchev–Trinajstić information content (AvgIpc) is 3.01. The Morgan fingerprint density at radius 3 is 3.13 bits per heavy atom. The third-order valence-electron chi connectivity index (χ3n) is 4.34. The minimum atomic E-state index is -0.0378. The Bertz CT molecular complexity index is 669. The first-order valence-corrected chi connectivity index (χ1v) is 8.07. The zero-order valence-electron chi connectivity index (χ0n) is 13.5. The highest BCUT2D eigenvalue weighted by atomic mass is 16.5. The van der Waals surface area contributed by atoms with Crippen LogP contribution in [-0.4, -0.2) is 49.1 Å². The van der Waals surface area contributed by atoms with E-state index in [-0.39, 0.29) is 12.5 Å². The van der Waals surface area contributed by atoms with Crippen LogP contribution in [0.2, 0.25) is 0 Å². The van der Waals surface area contributed by atoms with E-state index >= 15 is 0 Å². The van der Waals surface area contributed by atoms with Crippen LogP contribution in [0.15, 0.2) is 36.5 Å². The van der Waals surface area contributed by atoms with Crippen molar-refractivity contribution in [3.8, 4) is 0 Å². The SMILES string of the molecule is COCC(=O)NCC1CCN(Cc2cccc3cccnc23)C1. The minimum absolute atomic E-state index is 0.0378. The summed E-state index contributed by atoms with van der Waals surface area (Å²) in [6.45, 7) is 3.85. The lowest BCUT2D eigenvalue weighted by Crippen LogP contribution is -2.33. The van der Waals surface area contributed by atoms with Gasteiger partial charge in [-0.05, 0) is 30.5 Å². The predicted octanol–water partition coefficient (Wildman–Crippen LogP) is 1.82. The van der Waals surface area contributed by atoms with Gasteiger partial charge in [0.1, 0.15) is 6.61 Å². The van der Waals surface area contributed by atoms with Gasteiger partial charge in [0.25, 0.3) is 0 Å². The number of amides is 1. The molecule has 0 bridgehead atoms. The molecular weight excluding hydrogens is 290 g/mol. The first kappa shape index (κ1) is 15.9. The predicted molar refractivity (Wildman–Crippen MR) is 90.0 cm³/mol. The molecule has 0 aliphatic carbocycles. The van der Waals surface area contributed by atoms with Gasteiger partial charge in [-0.25, -0.2) is 0 Å². The molecule has 1 aliphatic heterocycles. The molecule has 122 valence electrons. The average molecular weight is 313 g/mol. The maximum absolute atomic E-state index is 11.5. The van der Waals surface area contributed by atoms with E-state index in [9.17, 15) is 4.79 Å². The molecule has 0 radical (unpaired) electrons. The number of pyridine rings is 1. The Morgan fingerprint density at radius 1 is 1.39 bits per heavy atom. The molecule has 2 aromatic rings. The third kappa shape index (κ3) is 4.06. The van der Waals surface area contributed by atoms with Gasteiger partial charge in [-0.2, -0.15) is 0 Å². The van der Waals surface area contributed by atoms with Crippen LogP contribution in [0, 0.1) is 5.92 Å². The van der Waals surface area contributed by atoms with Crippen LogP contribution in [0.5, 0.6) is 0 Å². The molecular formula is C18H23N3O2. The van der Waals surface area contributed by atoms with Gasteiger partial charge >= 0.3 is 0 Å². The van der Waals surface area contributed by atoms with Crippen molar-refractivity contribution in [1.82, 2.24) is 15.2 Å². The summed E-state index contributed by atoms with van der Waals surface area (Å²) in [5.41, 5.74) is 2.36. The fourth-order valence-corrected chi connectivity index (χ4v) is 3.20. The lowest BCUT2D eigenvalue weighted by Gasteiger charge is -2.17. The number of aromatic nitrogens is 1. The van der Waals surface area contributed by atoms with Gasteiger partial charge in [-0.1, -0.05) is 24.3 Å². The Hall–Kier alpha value is -1.98. The second-order valence-electron chi connectivity index (χ2n) is 6.12. The van der Waals surface area contributed by atoms with Gasteiger partial charge in [0.15, 0.2) is 0 Å². The van der Waals surface area contributed by atoms with Gasteiger partial charge in [0.05, 0.1) is 5.52 Å². The number of rotatable bonds is 6. The van der Waals surface area contributed by atoms with Crippen molar-refractivity contribution >= 4 is 16.8 Å². The van der Waals surface area contributed by atoms with Crippen LogP contribution >= 0.6 is 0 Å². The normalized spacial score (nSPS) is 18.4. The maximum atomic E-state index is 11.5. The largest absolute Gasteiger partial charge is 0.375 e. The van der Waals surface area contributed by atoms with Gasteiger partial charge in [0, 0.05) is 38.3 Å². The van der Waals surface area contributed by atoms with Crippen molar-refractivity contribution in [2.24, 2.45) is 5.92 Å². The van der Waals surface area contributed by atoms with E-state index in [0.29, 0.717) is 5.92 Å². The highest BCUT2D eigenvalue weighted by Crippen LogP contribution is 2.22. The smallest absolute Gasteiger partial charge is 0.245 e. The van der Waals surface area contributed by atoms with Crippen LogP contribution in [0.1, 0.15) is 12.0 Å². The molecule has 1 amide bonds. The zero-order chi connectivity index (χ0) is 16.1. The summed E-state index contributed by atoms with van der Waals surface area (Å²) >= 11 is 0. The van der Waals surface area contributed by atoms with E-state index in [1.807, 2.05) is 12.3 Å². The standard InChI is InChI=1S/C18H23N3O2/c1-23-13-17(22)20-10-14-7-9-21(11-14)12-16-5-2-4-15-6-3-8-19-18(15)16/h2-6,8,14H,7,9-13H2,1H3,(H,20,22). The first-order valence-electron chi connectivity index (χ1n) is 8.07. The Balaban J connectivity index is 1.56. The lowest BCUT2D eigenvalue weighted by atomic mass is 10.1. The first-order chi connectivity index (χ1) is 11.3. The van der Waals surface area contributed by atoms with E-state index in [0.717, 1.165) is 38.1 Å². The van der Waals surface area contributed by atoms with E-state index in [1.165, 1.54) is 18.1 Å². The number of ether oxygens (including phenoxy) is 1. The number of nitrogens with one attached hydrogen (secondary N) is 1. The Labute approximate surface area is 136 Å². The maximum Gasteiger partial charge on any atom is 0.245 e. The molecule has 3 rings (SSSR count). The quantitative estimate of drug-likeness (QED) is 0.884. The molecule has 5 heteroatoms. The van der Waals surface area contributed by atoms with Crippen LogP contribution in [0.25, 0.3) is 10.9 Å². The molecule has 1 aromatic carbocycles. The van der Waals surface area contributed by atoms with Crippen molar-refractivity contribution in [3.63, 3.8) is 0 Å². The van der Waals surface area contributed by atoms with Crippen LogP contribution in [0.4, 0.5) is 0 Å². The van der Waals surface area contributed by atoms with Gasteiger partial charge in [-0.3, -0.25) is 14.7 Å². The lowest BCUT2D eigenvalue weighted by molar-refractivity contribution is -0.124. The van der Waals surface area contributed by atoms with E-state index in [4.69, 9.17) is 4.74 Å². The summed E-state index contributed by atoms with van der Waals surface area (Å²) in [4.78, 5) is 18.4. The van der Waals surface area contributed by atoms with Gasteiger partial charge in [-0.15, -0.1) is 0 Å². The molecule has 1 unspecified atom stereocenters. The Morgan fingerprint density at radius 2 is 2.26 bits per heavy atom. The summed E-state index contributed by atoms with van der Waals surface area (Å²) < 4.78 is 4.83. The fraction of sp³-hybridized carbons (Fsp3) is 0.444. The van der Waals surface area contributed by atoms with Crippen LogP contribution in [-0.2, 0) is 16.1 Å². The monoisotopic (exact) mass is 313 g/mol. The van der Waals surface area contributed by atoms with Crippen molar-refractivity contribution in [2.45, 2.75) is 13.0 Å². The molecule has 0 saturated carbocycles. The second kappa shape index (κ2) is 7.53. The molecule has 1 saturated heterocycles. The molecule has 1 aromatic heterocycles. The zero-order valence-corrected chi connectivity index (χ0v) is 13.5. The van der Waals surface area contributed by atoms with Crippen molar-refractivity contribution in [1.29, 1.82) is 0 Å². The van der Waals surface area contributed by atoms with E-state index < -0.39 is 0 Å². The molecule has 2 heterocycles. The topological polar surface area (TPSA) is 54.5 Å². The van der Waals surface area contributed by atoms with Gasteiger partial charge in [0.2, 0.25) is 5.91 Å². The van der Waals surface area contributed by atoms with Crippen molar-refractivity contribution < 1.29 is 9.53 Å². The number of methoxy groups -OCH3 is 1. The number of hydrogen-bond acceptors (Lipinski definition) is 4. The second-order valence-corrected chi connectivity index (χ2v) is 6.12. The van der Waals surface area contributed by atoms with Crippen molar-refractivity contribution in [2.75, 3.05) is 33.4 Å². The number of fused-ring (bicyclic) bond motifs is 1. The number of hydrogen-bond donors (Lipinski definition) is 1. The number of likely N-dealkylation sites (tertiary alicyclic amines) is 1. The number of carbonyl (C=O) groups is 1. The summed E-state index contributed by atoms with van der Waals surface area (Å²) in [5, 5.41) is 4.12. The van der Waals surface area contributed by atoms with E-state index in [1.54, 1.807) is 0 Å². The summed E-state index contributed by atoms with van der Waals surface area (Å²) in [6, 6.07) is 10.4. The molecule has 1 atom stereocenters. The number of benzene rings is 1. The molecule has 1 fully saturated rings. The number of nitrogens with zero attached hydrogens (tertiary/aromatic N) is 2. The summed E-state index contributed by atoms with van der Waals surface area (Å²) in [6.07, 6.45) is 2.97.